The van der Waals surface area contributed by atoms with Gasteiger partial charge in [0.2, 0.25) is 21.8 Å². The first-order valence-corrected chi connectivity index (χ1v) is 13.5. The Labute approximate surface area is 221 Å². The predicted molar refractivity (Wildman–Crippen MR) is 142 cm³/mol. The van der Waals surface area contributed by atoms with E-state index in [9.17, 15) is 23.2 Å². The lowest BCUT2D eigenvalue weighted by Crippen LogP contribution is -2.49. The van der Waals surface area contributed by atoms with Gasteiger partial charge in [-0.15, -0.1) is 0 Å². The molecule has 0 fully saturated rings. The van der Waals surface area contributed by atoms with Crippen LogP contribution in [0.2, 0.25) is 0 Å². The number of nitrogen functional groups attached to an aromatic ring is 1. The summed E-state index contributed by atoms with van der Waals surface area (Å²) in [5.74, 6) is -1.46. The standard InChI is InChI=1S/C26H30N6O5S/c27-25(28)22-9-6-20(7-10-22)16-29-24(33)17-30-26(34)23(11-8-19-12-14-32(35)15-13-19)31-38(36,37)18-21-4-2-1-3-5-21/h1-7,9-10,12-15,23,31H,8,11,16-18H2,(H3,27,28)(H,29,33)(H,30,34). The zero-order valence-corrected chi connectivity index (χ0v) is 21.4. The number of aromatic nitrogens is 1. The van der Waals surface area contributed by atoms with Crippen molar-refractivity contribution in [3.63, 3.8) is 0 Å². The molecular formula is C26H30N6O5S. The number of rotatable bonds is 13. The maximum absolute atomic E-state index is 12.9. The lowest BCUT2D eigenvalue weighted by Gasteiger charge is -2.19. The van der Waals surface area contributed by atoms with E-state index in [2.05, 4.69) is 15.4 Å². The second kappa shape index (κ2) is 13.3. The van der Waals surface area contributed by atoms with E-state index in [1.54, 1.807) is 66.7 Å². The highest BCUT2D eigenvalue weighted by molar-refractivity contribution is 7.88. The molecule has 0 radical (unpaired) electrons. The molecule has 0 spiro atoms. The van der Waals surface area contributed by atoms with E-state index in [0.717, 1.165) is 11.1 Å². The van der Waals surface area contributed by atoms with Crippen molar-refractivity contribution in [1.82, 2.24) is 15.4 Å². The van der Waals surface area contributed by atoms with Gasteiger partial charge in [0.1, 0.15) is 11.9 Å². The van der Waals surface area contributed by atoms with Crippen LogP contribution in [0.1, 0.15) is 28.7 Å². The lowest BCUT2D eigenvalue weighted by molar-refractivity contribution is -0.605. The molecule has 0 saturated heterocycles. The van der Waals surface area contributed by atoms with Crippen LogP contribution in [-0.4, -0.2) is 38.7 Å². The van der Waals surface area contributed by atoms with Crippen LogP contribution in [0.3, 0.4) is 0 Å². The second-order valence-electron chi connectivity index (χ2n) is 8.63. The molecule has 3 aromatic rings. The maximum atomic E-state index is 12.9. The minimum absolute atomic E-state index is 0.0569. The average molecular weight is 539 g/mol. The molecule has 12 heteroatoms. The summed E-state index contributed by atoms with van der Waals surface area (Å²) in [4.78, 5) is 25.2. The van der Waals surface area contributed by atoms with Gasteiger partial charge in [0.05, 0.1) is 12.3 Å². The quantitative estimate of drug-likeness (QED) is 0.0912. The molecule has 2 aromatic carbocycles. The van der Waals surface area contributed by atoms with E-state index in [1.165, 1.54) is 12.4 Å². The molecule has 1 heterocycles. The molecule has 0 saturated carbocycles. The first-order chi connectivity index (χ1) is 18.1. The highest BCUT2D eigenvalue weighted by Gasteiger charge is 2.25. The topological polar surface area (TPSA) is 181 Å². The Hall–Kier alpha value is -4.29. The number of pyridine rings is 1. The molecule has 1 unspecified atom stereocenters. The number of hydrogen-bond acceptors (Lipinski definition) is 6. The van der Waals surface area contributed by atoms with E-state index in [-0.39, 0.29) is 31.1 Å². The van der Waals surface area contributed by atoms with Gasteiger partial charge in [-0.3, -0.25) is 15.0 Å². The van der Waals surface area contributed by atoms with Crippen LogP contribution in [-0.2, 0) is 38.3 Å². The zero-order valence-electron chi connectivity index (χ0n) is 20.6. The van der Waals surface area contributed by atoms with Gasteiger partial charge in [0, 0.05) is 24.2 Å². The Morgan fingerprint density at radius 2 is 1.58 bits per heavy atom. The number of aryl methyl sites for hydroxylation is 1. The Kier molecular flexibility index (Phi) is 9.91. The molecule has 200 valence electrons. The minimum atomic E-state index is -3.87. The zero-order chi connectivity index (χ0) is 27.5. The summed E-state index contributed by atoms with van der Waals surface area (Å²) in [6, 6.07) is 17.4. The highest BCUT2D eigenvalue weighted by Crippen LogP contribution is 2.09. The summed E-state index contributed by atoms with van der Waals surface area (Å²) in [6.45, 7) is -0.142. The van der Waals surface area contributed by atoms with Gasteiger partial charge in [-0.25, -0.2) is 13.1 Å². The van der Waals surface area contributed by atoms with Crippen molar-refractivity contribution >= 4 is 27.7 Å². The van der Waals surface area contributed by atoms with Crippen LogP contribution in [0.25, 0.3) is 0 Å². The van der Waals surface area contributed by atoms with Crippen molar-refractivity contribution in [2.45, 2.75) is 31.2 Å². The summed E-state index contributed by atoms with van der Waals surface area (Å²) in [5.41, 5.74) is 8.10. The number of sulfonamides is 1. The molecule has 1 atom stereocenters. The van der Waals surface area contributed by atoms with Gasteiger partial charge in [0.25, 0.3) is 0 Å². The summed E-state index contributed by atoms with van der Waals surface area (Å²) in [6.07, 6.45) is 3.09. The Morgan fingerprint density at radius 1 is 0.921 bits per heavy atom. The van der Waals surface area contributed by atoms with Crippen LogP contribution in [0.15, 0.2) is 79.1 Å². The first-order valence-electron chi connectivity index (χ1n) is 11.8. The number of carbonyl (C=O) groups excluding carboxylic acids is 2. The third kappa shape index (κ3) is 9.30. The van der Waals surface area contributed by atoms with Gasteiger partial charge in [-0.1, -0.05) is 54.6 Å². The smallest absolute Gasteiger partial charge is 0.239 e. The summed E-state index contributed by atoms with van der Waals surface area (Å²) in [5, 5.41) is 23.9. The highest BCUT2D eigenvalue weighted by atomic mass is 32.2. The number of benzene rings is 2. The number of nitrogens with one attached hydrogen (secondary N) is 4. The number of amidine groups is 1. The van der Waals surface area contributed by atoms with E-state index in [1.807, 2.05) is 0 Å². The number of amides is 2. The van der Waals surface area contributed by atoms with Crippen molar-refractivity contribution < 1.29 is 22.7 Å². The van der Waals surface area contributed by atoms with Crippen LogP contribution >= 0.6 is 0 Å². The molecule has 1 aromatic heterocycles. The Morgan fingerprint density at radius 3 is 2.21 bits per heavy atom. The fourth-order valence-electron chi connectivity index (χ4n) is 3.57. The number of nitrogens with zero attached hydrogens (tertiary/aromatic N) is 1. The normalized spacial score (nSPS) is 11.9. The largest absolute Gasteiger partial charge is 0.619 e. The second-order valence-corrected chi connectivity index (χ2v) is 10.4. The van der Waals surface area contributed by atoms with E-state index in [0.29, 0.717) is 22.3 Å². The fraction of sp³-hybridized carbons (Fsp3) is 0.231. The molecule has 0 aliphatic heterocycles. The summed E-state index contributed by atoms with van der Waals surface area (Å²) < 4.78 is 28.7. The van der Waals surface area contributed by atoms with Crippen LogP contribution < -0.4 is 25.8 Å². The molecule has 11 nitrogen and oxygen atoms in total. The monoisotopic (exact) mass is 538 g/mol. The predicted octanol–water partition coefficient (Wildman–Crippen LogP) is 0.457. The van der Waals surface area contributed by atoms with Crippen LogP contribution in [0, 0.1) is 10.6 Å². The third-order valence-corrected chi connectivity index (χ3v) is 6.97. The lowest BCUT2D eigenvalue weighted by atomic mass is 10.1. The SMILES string of the molecule is N=C(N)c1ccc(CNC(=O)CNC(=O)C(CCc2cc[n+]([O-])cc2)NS(=O)(=O)Cc2ccccc2)cc1. The Balaban J connectivity index is 1.59. The number of nitrogens with two attached hydrogens (primary N) is 1. The van der Waals surface area contributed by atoms with Crippen molar-refractivity contribution in [2.24, 2.45) is 5.73 Å². The van der Waals surface area contributed by atoms with E-state index < -0.39 is 27.9 Å². The third-order valence-electron chi connectivity index (χ3n) is 5.61. The molecule has 2 amide bonds. The number of hydrogen-bond donors (Lipinski definition) is 5. The van der Waals surface area contributed by atoms with Crippen molar-refractivity contribution in [3.05, 3.63) is 107 Å². The molecule has 3 rings (SSSR count). The number of carbonyl (C=O) groups is 2. The molecule has 0 aliphatic rings. The van der Waals surface area contributed by atoms with Crippen LogP contribution in [0.5, 0.6) is 0 Å². The van der Waals surface area contributed by atoms with E-state index >= 15 is 0 Å². The Bertz CT molecular complexity index is 1350. The minimum Gasteiger partial charge on any atom is -0.619 e. The van der Waals surface area contributed by atoms with Crippen molar-refractivity contribution in [2.75, 3.05) is 6.54 Å². The molecule has 0 bridgehead atoms. The van der Waals surface area contributed by atoms with Crippen molar-refractivity contribution in [3.8, 4) is 0 Å². The summed E-state index contributed by atoms with van der Waals surface area (Å²) >= 11 is 0. The average Bonchev–Trinajstić information content (AvgIpc) is 2.89. The maximum Gasteiger partial charge on any atom is 0.239 e. The van der Waals surface area contributed by atoms with Gasteiger partial charge in [0.15, 0.2) is 12.4 Å². The van der Waals surface area contributed by atoms with Gasteiger partial charge < -0.3 is 21.6 Å². The first kappa shape index (κ1) is 28.3. The van der Waals surface area contributed by atoms with Gasteiger partial charge in [-0.05, 0) is 29.5 Å². The van der Waals surface area contributed by atoms with Crippen LogP contribution in [0.4, 0.5) is 0 Å². The van der Waals surface area contributed by atoms with Gasteiger partial charge in [-0.2, -0.15) is 4.73 Å². The fourth-order valence-corrected chi connectivity index (χ4v) is 4.95. The molecule has 38 heavy (non-hydrogen) atoms. The van der Waals surface area contributed by atoms with E-state index in [4.69, 9.17) is 11.1 Å². The summed E-state index contributed by atoms with van der Waals surface area (Å²) in [7, 11) is -3.87. The molecular weight excluding hydrogens is 508 g/mol. The molecule has 0 aliphatic carbocycles. The molecule has 6 N–H and O–H groups in total. The van der Waals surface area contributed by atoms with Gasteiger partial charge >= 0.3 is 0 Å². The van der Waals surface area contributed by atoms with Crippen molar-refractivity contribution in [1.29, 1.82) is 5.41 Å².